The molecule has 19 heavy (non-hydrogen) atoms. The van der Waals surface area contributed by atoms with E-state index in [9.17, 15) is 8.42 Å². The van der Waals surface area contributed by atoms with Gasteiger partial charge in [-0.1, -0.05) is 27.2 Å². The summed E-state index contributed by atoms with van der Waals surface area (Å²) in [5.41, 5.74) is 0. The van der Waals surface area contributed by atoms with Gasteiger partial charge < -0.3 is 4.74 Å². The molecule has 0 aromatic heterocycles. The fraction of sp³-hybridized carbons (Fsp3) is 1.00. The molecule has 114 valence electrons. The Morgan fingerprint density at radius 2 is 1.95 bits per heavy atom. The minimum absolute atomic E-state index is 0.0288. The highest BCUT2D eigenvalue weighted by atomic mass is 35.7. The minimum atomic E-state index is -3.43. The van der Waals surface area contributed by atoms with Crippen LogP contribution in [0.15, 0.2) is 0 Å². The Bertz CT molecular complexity index is 356. The highest BCUT2D eigenvalue weighted by molar-refractivity contribution is 8.13. The number of ether oxygens (including phenoxy) is 1. The molecule has 0 spiro atoms. The molecule has 1 saturated carbocycles. The van der Waals surface area contributed by atoms with Gasteiger partial charge in [-0.3, -0.25) is 0 Å². The van der Waals surface area contributed by atoms with E-state index in [1.165, 1.54) is 6.42 Å². The first-order valence-corrected chi connectivity index (χ1v) is 9.83. The number of rotatable bonds is 7. The Morgan fingerprint density at radius 3 is 2.47 bits per heavy atom. The van der Waals surface area contributed by atoms with E-state index in [1.807, 2.05) is 0 Å². The summed E-state index contributed by atoms with van der Waals surface area (Å²) in [7, 11) is 1.92. The highest BCUT2D eigenvalue weighted by Crippen LogP contribution is 2.31. The predicted molar refractivity (Wildman–Crippen MR) is 80.0 cm³/mol. The Hall–Kier alpha value is 0.200. The third-order valence-corrected chi connectivity index (χ3v) is 5.50. The number of hydrogen-bond donors (Lipinski definition) is 0. The Kier molecular flexibility index (Phi) is 7.12. The van der Waals surface area contributed by atoms with E-state index < -0.39 is 9.05 Å². The van der Waals surface area contributed by atoms with Crippen molar-refractivity contribution in [2.24, 2.45) is 17.8 Å². The summed E-state index contributed by atoms with van der Waals surface area (Å²) in [6.45, 7) is 7.14. The van der Waals surface area contributed by atoms with Crippen LogP contribution < -0.4 is 0 Å². The van der Waals surface area contributed by atoms with Gasteiger partial charge in [-0.25, -0.2) is 8.42 Å². The van der Waals surface area contributed by atoms with E-state index >= 15 is 0 Å². The highest BCUT2D eigenvalue weighted by Gasteiger charge is 2.26. The third kappa shape index (κ3) is 6.96. The summed E-state index contributed by atoms with van der Waals surface area (Å²) in [4.78, 5) is 0. The summed E-state index contributed by atoms with van der Waals surface area (Å²) in [5.74, 6) is 1.53. The molecular weight excluding hydrogens is 284 g/mol. The van der Waals surface area contributed by atoms with Gasteiger partial charge >= 0.3 is 0 Å². The van der Waals surface area contributed by atoms with Crippen LogP contribution in [0.1, 0.15) is 52.9 Å². The van der Waals surface area contributed by atoms with E-state index in [-0.39, 0.29) is 11.7 Å². The quantitative estimate of drug-likeness (QED) is 0.672. The molecule has 1 rings (SSSR count). The summed E-state index contributed by atoms with van der Waals surface area (Å²) in [6, 6.07) is 0. The zero-order chi connectivity index (χ0) is 14.5. The van der Waals surface area contributed by atoms with Crippen molar-refractivity contribution in [2.45, 2.75) is 59.0 Å². The molecule has 0 saturated heterocycles. The molecule has 0 aliphatic heterocycles. The Labute approximate surface area is 122 Å². The standard InChI is InChI=1S/C14H27ClO3S/c1-4-5-13(10-19(15,16)17)9-18-14-7-6-11(2)12(3)8-14/h11-14H,4-10H2,1-3H3. The van der Waals surface area contributed by atoms with E-state index in [2.05, 4.69) is 20.8 Å². The topological polar surface area (TPSA) is 43.4 Å². The molecule has 4 atom stereocenters. The first-order chi connectivity index (χ1) is 8.81. The molecule has 0 bridgehead atoms. The third-order valence-electron chi connectivity index (χ3n) is 4.25. The van der Waals surface area contributed by atoms with Crippen molar-refractivity contribution in [2.75, 3.05) is 12.4 Å². The molecule has 1 fully saturated rings. The Balaban J connectivity index is 2.39. The van der Waals surface area contributed by atoms with Gasteiger partial charge in [-0.2, -0.15) is 0 Å². The van der Waals surface area contributed by atoms with E-state index in [4.69, 9.17) is 15.4 Å². The van der Waals surface area contributed by atoms with Crippen LogP contribution in [-0.4, -0.2) is 26.9 Å². The van der Waals surface area contributed by atoms with Crippen molar-refractivity contribution in [3.8, 4) is 0 Å². The van der Waals surface area contributed by atoms with Crippen molar-refractivity contribution in [1.82, 2.24) is 0 Å². The van der Waals surface area contributed by atoms with Crippen LogP contribution in [-0.2, 0) is 13.8 Å². The largest absolute Gasteiger partial charge is 0.378 e. The zero-order valence-corrected chi connectivity index (χ0v) is 13.8. The van der Waals surface area contributed by atoms with Gasteiger partial charge in [0.15, 0.2) is 0 Å². The van der Waals surface area contributed by atoms with Crippen LogP contribution in [0.4, 0.5) is 0 Å². The molecule has 0 aromatic rings. The van der Waals surface area contributed by atoms with E-state index in [0.717, 1.165) is 31.6 Å². The van der Waals surface area contributed by atoms with Crippen LogP contribution >= 0.6 is 10.7 Å². The van der Waals surface area contributed by atoms with Gasteiger partial charge in [-0.05, 0) is 43.4 Å². The second kappa shape index (κ2) is 7.84. The molecule has 1 aliphatic carbocycles. The molecule has 5 heteroatoms. The summed E-state index contributed by atoms with van der Waals surface area (Å²) < 4.78 is 28.3. The lowest BCUT2D eigenvalue weighted by molar-refractivity contribution is -0.0122. The first-order valence-electron chi connectivity index (χ1n) is 7.35. The fourth-order valence-electron chi connectivity index (χ4n) is 2.83. The van der Waals surface area contributed by atoms with Gasteiger partial charge in [0.1, 0.15) is 0 Å². The maximum absolute atomic E-state index is 11.2. The molecule has 0 heterocycles. The Morgan fingerprint density at radius 1 is 1.26 bits per heavy atom. The molecule has 0 amide bonds. The van der Waals surface area contributed by atoms with Crippen molar-refractivity contribution >= 4 is 19.7 Å². The zero-order valence-electron chi connectivity index (χ0n) is 12.3. The molecule has 4 unspecified atom stereocenters. The SMILES string of the molecule is CCCC(COC1CCC(C)C(C)C1)CS(=O)(=O)Cl. The van der Waals surface area contributed by atoms with Crippen LogP contribution in [0, 0.1) is 17.8 Å². The second-order valence-electron chi connectivity index (χ2n) is 6.08. The molecular formula is C14H27ClO3S. The molecule has 0 N–H and O–H groups in total. The van der Waals surface area contributed by atoms with Crippen LogP contribution in [0.2, 0.25) is 0 Å². The summed E-state index contributed by atoms with van der Waals surface area (Å²) in [6.07, 6.45) is 5.50. The van der Waals surface area contributed by atoms with Crippen LogP contribution in [0.3, 0.4) is 0 Å². The van der Waals surface area contributed by atoms with Gasteiger partial charge in [0.2, 0.25) is 9.05 Å². The normalized spacial score (nSPS) is 30.2. The first kappa shape index (κ1) is 17.3. The monoisotopic (exact) mass is 310 g/mol. The smallest absolute Gasteiger partial charge is 0.232 e. The lowest BCUT2D eigenvalue weighted by Crippen LogP contribution is -2.29. The van der Waals surface area contributed by atoms with Gasteiger partial charge in [-0.15, -0.1) is 0 Å². The summed E-state index contributed by atoms with van der Waals surface area (Å²) in [5, 5.41) is 0. The van der Waals surface area contributed by atoms with E-state index in [1.54, 1.807) is 0 Å². The number of hydrogen-bond acceptors (Lipinski definition) is 3. The molecule has 0 aromatic carbocycles. The lowest BCUT2D eigenvalue weighted by atomic mass is 9.80. The average molecular weight is 311 g/mol. The van der Waals surface area contributed by atoms with Gasteiger partial charge in [0.05, 0.1) is 18.5 Å². The van der Waals surface area contributed by atoms with Crippen LogP contribution in [0.5, 0.6) is 0 Å². The maximum Gasteiger partial charge on any atom is 0.232 e. The van der Waals surface area contributed by atoms with Crippen molar-refractivity contribution in [3.05, 3.63) is 0 Å². The minimum Gasteiger partial charge on any atom is -0.378 e. The fourth-order valence-corrected chi connectivity index (χ4v) is 4.19. The lowest BCUT2D eigenvalue weighted by Gasteiger charge is -2.32. The number of halogens is 1. The van der Waals surface area contributed by atoms with Gasteiger partial charge in [0.25, 0.3) is 0 Å². The van der Waals surface area contributed by atoms with Crippen LogP contribution in [0.25, 0.3) is 0 Å². The summed E-state index contributed by atoms with van der Waals surface area (Å²) >= 11 is 0. The van der Waals surface area contributed by atoms with E-state index in [0.29, 0.717) is 18.6 Å². The van der Waals surface area contributed by atoms with Crippen molar-refractivity contribution < 1.29 is 13.2 Å². The predicted octanol–water partition coefficient (Wildman–Crippen LogP) is 3.81. The van der Waals surface area contributed by atoms with Gasteiger partial charge in [0, 0.05) is 10.7 Å². The average Bonchev–Trinajstić information content (AvgIpc) is 2.29. The molecule has 3 nitrogen and oxygen atoms in total. The van der Waals surface area contributed by atoms with Crippen molar-refractivity contribution in [1.29, 1.82) is 0 Å². The van der Waals surface area contributed by atoms with Crippen molar-refractivity contribution in [3.63, 3.8) is 0 Å². The molecule has 1 aliphatic rings. The second-order valence-corrected chi connectivity index (χ2v) is 8.90. The maximum atomic E-state index is 11.2. The molecule has 0 radical (unpaired) electrons.